The number of rotatable bonds is 4. The van der Waals surface area contributed by atoms with Crippen LogP contribution >= 0.6 is 0 Å². The molecule has 0 aromatic heterocycles. The average molecular weight is 295 g/mol. The normalized spacial score (nSPS) is 15.9. The van der Waals surface area contributed by atoms with Crippen LogP contribution in [0.4, 0.5) is 0 Å². The predicted molar refractivity (Wildman–Crippen MR) is 88.7 cm³/mol. The van der Waals surface area contributed by atoms with Gasteiger partial charge in [-0.1, -0.05) is 53.7 Å². The van der Waals surface area contributed by atoms with Crippen LogP contribution in [0.1, 0.15) is 47.1 Å². The fourth-order valence-electron chi connectivity index (χ4n) is 2.12. The van der Waals surface area contributed by atoms with Gasteiger partial charge in [0.15, 0.2) is 0 Å². The van der Waals surface area contributed by atoms with Crippen LogP contribution in [0.3, 0.4) is 0 Å². The lowest BCUT2D eigenvalue weighted by atomic mass is 9.87. The highest BCUT2D eigenvalue weighted by Gasteiger charge is 2.25. The Bertz CT molecular complexity index is 451. The molecule has 3 heteroatoms. The minimum Gasteiger partial charge on any atom is -0.316 e. The summed E-state index contributed by atoms with van der Waals surface area (Å²) in [5.74, 6) is 0.648. The molecule has 0 aliphatic carbocycles. The summed E-state index contributed by atoms with van der Waals surface area (Å²) in [6, 6.07) is 8.45. The van der Waals surface area contributed by atoms with Crippen molar-refractivity contribution in [3.63, 3.8) is 0 Å². The third-order valence-corrected chi connectivity index (χ3v) is 5.13. The van der Waals surface area contributed by atoms with Crippen molar-refractivity contribution < 1.29 is 4.21 Å². The minimum absolute atomic E-state index is 0.107. The number of benzene rings is 1. The van der Waals surface area contributed by atoms with Gasteiger partial charge in [0, 0.05) is 16.7 Å². The molecule has 0 saturated carbocycles. The van der Waals surface area contributed by atoms with Crippen molar-refractivity contribution in [2.24, 2.45) is 5.41 Å². The van der Waals surface area contributed by atoms with Gasteiger partial charge in [0.1, 0.15) is 0 Å². The molecule has 1 rings (SSSR count). The lowest BCUT2D eigenvalue weighted by molar-refractivity contribution is 0.304. The third-order valence-electron chi connectivity index (χ3n) is 3.70. The van der Waals surface area contributed by atoms with Crippen LogP contribution in [0.5, 0.6) is 0 Å². The summed E-state index contributed by atoms with van der Waals surface area (Å²) in [5.41, 5.74) is 1.52. The Morgan fingerprint density at radius 1 is 1.05 bits per heavy atom. The van der Waals surface area contributed by atoms with Crippen molar-refractivity contribution >= 4 is 10.8 Å². The Labute approximate surface area is 126 Å². The molecule has 0 saturated heterocycles. The molecule has 0 amide bonds. The lowest BCUT2D eigenvalue weighted by Gasteiger charge is -2.30. The van der Waals surface area contributed by atoms with E-state index in [1.807, 2.05) is 19.2 Å². The molecule has 0 aliphatic rings. The topological polar surface area (TPSA) is 29.1 Å². The Morgan fingerprint density at radius 3 is 1.90 bits per heavy atom. The predicted octanol–water partition coefficient (Wildman–Crippen LogP) is 3.73. The average Bonchev–Trinajstić information content (AvgIpc) is 2.33. The van der Waals surface area contributed by atoms with Crippen LogP contribution in [0.2, 0.25) is 0 Å². The highest BCUT2D eigenvalue weighted by atomic mass is 32.2. The van der Waals surface area contributed by atoms with E-state index in [0.29, 0.717) is 5.75 Å². The van der Waals surface area contributed by atoms with E-state index in [2.05, 4.69) is 59.0 Å². The molecule has 114 valence electrons. The number of nitrogens with one attached hydrogen (secondary N) is 1. The second-order valence-electron chi connectivity index (χ2n) is 7.49. The molecule has 2 nitrogen and oxygen atoms in total. The van der Waals surface area contributed by atoms with Gasteiger partial charge in [-0.3, -0.25) is 4.21 Å². The van der Waals surface area contributed by atoms with Gasteiger partial charge in [-0.05, 0) is 35.6 Å². The van der Waals surface area contributed by atoms with Crippen LogP contribution in [-0.2, 0) is 16.2 Å². The molecule has 0 aliphatic heterocycles. The van der Waals surface area contributed by atoms with Crippen LogP contribution in [-0.4, -0.2) is 23.1 Å². The maximum absolute atomic E-state index is 12.5. The molecular weight excluding hydrogens is 266 g/mol. The maximum Gasteiger partial charge on any atom is 0.0545 e. The van der Waals surface area contributed by atoms with Crippen molar-refractivity contribution in [2.75, 3.05) is 12.8 Å². The van der Waals surface area contributed by atoms with Crippen molar-refractivity contribution in [1.82, 2.24) is 5.32 Å². The summed E-state index contributed by atoms with van der Waals surface area (Å²) in [6.07, 6.45) is 0. The zero-order valence-corrected chi connectivity index (χ0v) is 14.7. The van der Waals surface area contributed by atoms with Crippen molar-refractivity contribution in [3.05, 3.63) is 29.8 Å². The van der Waals surface area contributed by atoms with E-state index < -0.39 is 10.8 Å². The molecule has 0 spiro atoms. The summed E-state index contributed by atoms with van der Waals surface area (Å²) in [7, 11) is 0.983. The van der Waals surface area contributed by atoms with E-state index in [9.17, 15) is 4.21 Å². The van der Waals surface area contributed by atoms with Crippen LogP contribution in [0.25, 0.3) is 0 Å². The standard InChI is InChI=1S/C17H29NOS/c1-16(2,3)13-8-10-14(11-9-13)20(19)12-15(18-7)17(4,5)6/h8-11,15,18H,12H2,1-7H3. The van der Waals surface area contributed by atoms with Crippen molar-refractivity contribution in [2.45, 2.75) is 57.9 Å². The smallest absolute Gasteiger partial charge is 0.0545 e. The second-order valence-corrected chi connectivity index (χ2v) is 8.99. The number of hydrogen-bond donors (Lipinski definition) is 1. The molecule has 1 aromatic carbocycles. The van der Waals surface area contributed by atoms with Gasteiger partial charge < -0.3 is 5.32 Å². The Morgan fingerprint density at radius 2 is 1.55 bits per heavy atom. The Hall–Kier alpha value is -0.670. The Kier molecular flexibility index (Phi) is 5.56. The van der Waals surface area contributed by atoms with E-state index in [1.165, 1.54) is 5.56 Å². The van der Waals surface area contributed by atoms with Crippen LogP contribution in [0, 0.1) is 5.41 Å². The van der Waals surface area contributed by atoms with E-state index in [4.69, 9.17) is 0 Å². The largest absolute Gasteiger partial charge is 0.316 e. The molecule has 0 heterocycles. The first-order valence-corrected chi connectivity index (χ1v) is 8.54. The van der Waals surface area contributed by atoms with Gasteiger partial charge in [0.25, 0.3) is 0 Å². The molecule has 2 unspecified atom stereocenters. The molecule has 1 aromatic rings. The van der Waals surface area contributed by atoms with E-state index in [0.717, 1.165) is 4.90 Å². The zero-order chi connectivity index (χ0) is 15.6. The SMILES string of the molecule is CNC(CS(=O)c1ccc(C(C)(C)C)cc1)C(C)(C)C. The van der Waals surface area contributed by atoms with Gasteiger partial charge in [-0.25, -0.2) is 0 Å². The van der Waals surface area contributed by atoms with Crippen molar-refractivity contribution in [1.29, 1.82) is 0 Å². The summed E-state index contributed by atoms with van der Waals surface area (Å²) in [6.45, 7) is 13.1. The first-order chi connectivity index (χ1) is 9.05. The Balaban J connectivity index is 2.83. The van der Waals surface area contributed by atoms with Crippen molar-refractivity contribution in [3.8, 4) is 0 Å². The fraction of sp³-hybridized carbons (Fsp3) is 0.647. The lowest BCUT2D eigenvalue weighted by Crippen LogP contribution is -2.42. The zero-order valence-electron chi connectivity index (χ0n) is 13.9. The highest BCUT2D eigenvalue weighted by Crippen LogP contribution is 2.24. The van der Waals surface area contributed by atoms with Crippen LogP contribution < -0.4 is 5.32 Å². The van der Waals surface area contributed by atoms with Gasteiger partial charge in [-0.2, -0.15) is 0 Å². The van der Waals surface area contributed by atoms with Crippen LogP contribution in [0.15, 0.2) is 29.2 Å². The van der Waals surface area contributed by atoms with E-state index >= 15 is 0 Å². The van der Waals surface area contributed by atoms with Gasteiger partial charge in [-0.15, -0.1) is 0 Å². The first kappa shape index (κ1) is 17.4. The maximum atomic E-state index is 12.5. The molecule has 1 N–H and O–H groups in total. The molecule has 0 bridgehead atoms. The monoisotopic (exact) mass is 295 g/mol. The van der Waals surface area contributed by atoms with E-state index in [-0.39, 0.29) is 16.9 Å². The molecule has 2 atom stereocenters. The highest BCUT2D eigenvalue weighted by molar-refractivity contribution is 7.85. The quantitative estimate of drug-likeness (QED) is 0.917. The summed E-state index contributed by atoms with van der Waals surface area (Å²) in [4.78, 5) is 0.919. The molecule has 0 fully saturated rings. The molecular formula is C17H29NOS. The summed E-state index contributed by atoms with van der Waals surface area (Å²) in [5, 5.41) is 3.29. The first-order valence-electron chi connectivity index (χ1n) is 7.22. The van der Waals surface area contributed by atoms with Gasteiger partial charge in [0.2, 0.25) is 0 Å². The molecule has 0 radical (unpaired) electrons. The van der Waals surface area contributed by atoms with Gasteiger partial charge in [0.05, 0.1) is 10.8 Å². The fourth-order valence-corrected chi connectivity index (χ4v) is 3.72. The number of hydrogen-bond acceptors (Lipinski definition) is 2. The molecule has 20 heavy (non-hydrogen) atoms. The second kappa shape index (κ2) is 6.40. The minimum atomic E-state index is -0.957. The summed E-state index contributed by atoms with van der Waals surface area (Å²) < 4.78 is 12.5. The third kappa shape index (κ3) is 4.71. The van der Waals surface area contributed by atoms with E-state index in [1.54, 1.807) is 0 Å². The van der Waals surface area contributed by atoms with Gasteiger partial charge >= 0.3 is 0 Å². The summed E-state index contributed by atoms with van der Waals surface area (Å²) >= 11 is 0.